The van der Waals surface area contributed by atoms with E-state index < -0.39 is 17.6 Å². The Morgan fingerprint density at radius 3 is 2.45 bits per heavy atom. The first-order chi connectivity index (χ1) is 9.30. The van der Waals surface area contributed by atoms with Crippen LogP contribution in [0.5, 0.6) is 0 Å². The van der Waals surface area contributed by atoms with Crippen LogP contribution in [0.2, 0.25) is 5.15 Å². The molecule has 1 heterocycles. The Morgan fingerprint density at radius 1 is 1.20 bits per heavy atom. The SMILES string of the molecule is NC(=O)c1ccc(-c2cccnc2Cl)c(C(F)(F)F)c1. The zero-order chi connectivity index (χ0) is 14.9. The van der Waals surface area contributed by atoms with E-state index in [9.17, 15) is 18.0 Å². The van der Waals surface area contributed by atoms with Crippen LogP contribution in [-0.2, 0) is 6.18 Å². The van der Waals surface area contributed by atoms with Crippen molar-refractivity contribution in [3.05, 3.63) is 52.8 Å². The summed E-state index contributed by atoms with van der Waals surface area (Å²) in [5.74, 6) is -0.931. The van der Waals surface area contributed by atoms with Gasteiger partial charge in [0.25, 0.3) is 0 Å². The lowest BCUT2D eigenvalue weighted by Crippen LogP contribution is -2.14. The largest absolute Gasteiger partial charge is 0.417 e. The highest BCUT2D eigenvalue weighted by Gasteiger charge is 2.34. The summed E-state index contributed by atoms with van der Waals surface area (Å²) in [5, 5.41) is -0.0511. The van der Waals surface area contributed by atoms with E-state index in [0.29, 0.717) is 6.07 Å². The third-order valence-electron chi connectivity index (χ3n) is 2.66. The number of benzene rings is 1. The number of nitrogens with two attached hydrogens (primary N) is 1. The van der Waals surface area contributed by atoms with E-state index >= 15 is 0 Å². The van der Waals surface area contributed by atoms with Gasteiger partial charge in [-0.1, -0.05) is 17.7 Å². The van der Waals surface area contributed by atoms with Crippen LogP contribution < -0.4 is 5.73 Å². The number of halogens is 4. The highest BCUT2D eigenvalue weighted by Crippen LogP contribution is 2.39. The maximum Gasteiger partial charge on any atom is 0.417 e. The van der Waals surface area contributed by atoms with E-state index in [1.165, 1.54) is 24.4 Å². The second-order valence-corrected chi connectivity index (χ2v) is 4.32. The lowest BCUT2D eigenvalue weighted by Gasteiger charge is -2.14. The van der Waals surface area contributed by atoms with Gasteiger partial charge in [0.2, 0.25) is 5.91 Å². The van der Waals surface area contributed by atoms with Gasteiger partial charge in [0.15, 0.2) is 0 Å². The first-order valence-corrected chi connectivity index (χ1v) is 5.80. The van der Waals surface area contributed by atoms with E-state index in [1.54, 1.807) is 0 Å². The van der Waals surface area contributed by atoms with E-state index in [1.807, 2.05) is 0 Å². The summed E-state index contributed by atoms with van der Waals surface area (Å²) in [4.78, 5) is 14.8. The van der Waals surface area contributed by atoms with Crippen molar-refractivity contribution in [2.75, 3.05) is 0 Å². The second kappa shape index (κ2) is 5.13. The molecule has 20 heavy (non-hydrogen) atoms. The minimum atomic E-state index is -4.64. The molecule has 104 valence electrons. The molecule has 0 spiro atoms. The average Bonchev–Trinajstić information content (AvgIpc) is 2.37. The van der Waals surface area contributed by atoms with Gasteiger partial charge in [0.1, 0.15) is 5.15 Å². The Bertz CT molecular complexity index is 671. The minimum absolute atomic E-state index is 0.0511. The van der Waals surface area contributed by atoms with Crippen molar-refractivity contribution in [1.29, 1.82) is 0 Å². The predicted octanol–water partition coefficient (Wildman–Crippen LogP) is 3.52. The molecule has 0 aliphatic carbocycles. The van der Waals surface area contributed by atoms with Gasteiger partial charge in [0.05, 0.1) is 5.56 Å². The van der Waals surface area contributed by atoms with Crippen molar-refractivity contribution in [3.63, 3.8) is 0 Å². The van der Waals surface area contributed by atoms with Crippen LogP contribution >= 0.6 is 11.6 Å². The smallest absolute Gasteiger partial charge is 0.366 e. The summed E-state index contributed by atoms with van der Waals surface area (Å²) in [5.41, 5.74) is 3.78. The summed E-state index contributed by atoms with van der Waals surface area (Å²) in [6, 6.07) is 5.98. The highest BCUT2D eigenvalue weighted by molar-refractivity contribution is 6.32. The van der Waals surface area contributed by atoms with Gasteiger partial charge in [-0.05, 0) is 29.8 Å². The number of nitrogens with zero attached hydrogens (tertiary/aromatic N) is 1. The van der Waals surface area contributed by atoms with Gasteiger partial charge in [-0.15, -0.1) is 0 Å². The van der Waals surface area contributed by atoms with E-state index in [2.05, 4.69) is 4.98 Å². The topological polar surface area (TPSA) is 56.0 Å². The molecular formula is C13H8ClF3N2O. The van der Waals surface area contributed by atoms with Gasteiger partial charge in [0, 0.05) is 17.3 Å². The fraction of sp³-hybridized carbons (Fsp3) is 0.0769. The van der Waals surface area contributed by atoms with Crippen molar-refractivity contribution < 1.29 is 18.0 Å². The fourth-order valence-corrected chi connectivity index (χ4v) is 1.97. The number of alkyl halides is 3. The number of primary amides is 1. The van der Waals surface area contributed by atoms with E-state index in [0.717, 1.165) is 6.07 Å². The average molecular weight is 301 g/mol. The van der Waals surface area contributed by atoms with Crippen molar-refractivity contribution in [1.82, 2.24) is 4.98 Å². The number of rotatable bonds is 2. The van der Waals surface area contributed by atoms with E-state index in [4.69, 9.17) is 17.3 Å². The molecule has 7 heteroatoms. The van der Waals surface area contributed by atoms with Crippen LogP contribution in [0.3, 0.4) is 0 Å². The minimum Gasteiger partial charge on any atom is -0.366 e. The molecule has 2 N–H and O–H groups in total. The predicted molar refractivity (Wildman–Crippen MR) is 68.2 cm³/mol. The second-order valence-electron chi connectivity index (χ2n) is 3.96. The molecule has 1 amide bonds. The Kier molecular flexibility index (Phi) is 3.67. The number of aromatic nitrogens is 1. The molecule has 0 unspecified atom stereocenters. The molecule has 2 aromatic rings. The molecule has 0 fully saturated rings. The number of amides is 1. The fourth-order valence-electron chi connectivity index (χ4n) is 1.75. The van der Waals surface area contributed by atoms with Gasteiger partial charge >= 0.3 is 6.18 Å². The molecule has 0 bridgehead atoms. The summed E-state index contributed by atoms with van der Waals surface area (Å²) >= 11 is 5.81. The van der Waals surface area contributed by atoms with Crippen LogP contribution in [0, 0.1) is 0 Å². The number of pyridine rings is 1. The molecular weight excluding hydrogens is 293 g/mol. The first kappa shape index (κ1) is 14.3. The molecule has 0 aliphatic rings. The van der Waals surface area contributed by atoms with Crippen molar-refractivity contribution in [2.24, 2.45) is 5.73 Å². The maximum absolute atomic E-state index is 13.1. The molecule has 0 saturated carbocycles. The van der Waals surface area contributed by atoms with Crippen LogP contribution in [0.25, 0.3) is 11.1 Å². The van der Waals surface area contributed by atoms with Gasteiger partial charge in [-0.2, -0.15) is 13.2 Å². The Hall–Kier alpha value is -2.08. The van der Waals surface area contributed by atoms with Crippen molar-refractivity contribution in [3.8, 4) is 11.1 Å². The lowest BCUT2D eigenvalue weighted by atomic mass is 9.98. The molecule has 0 radical (unpaired) electrons. The Morgan fingerprint density at radius 2 is 1.90 bits per heavy atom. The Balaban J connectivity index is 2.71. The molecule has 0 saturated heterocycles. The van der Waals surface area contributed by atoms with Crippen LogP contribution in [-0.4, -0.2) is 10.9 Å². The molecule has 0 aliphatic heterocycles. The van der Waals surface area contributed by atoms with Crippen LogP contribution in [0.4, 0.5) is 13.2 Å². The summed E-state index contributed by atoms with van der Waals surface area (Å²) in [6.07, 6.45) is -3.27. The highest BCUT2D eigenvalue weighted by atomic mass is 35.5. The van der Waals surface area contributed by atoms with Crippen LogP contribution in [0.15, 0.2) is 36.5 Å². The lowest BCUT2D eigenvalue weighted by molar-refractivity contribution is -0.137. The molecule has 1 aromatic heterocycles. The zero-order valence-corrected chi connectivity index (χ0v) is 10.7. The maximum atomic E-state index is 13.1. The standard InChI is InChI=1S/C13H8ClF3N2O/c14-11-9(2-1-5-19-11)8-4-3-7(12(18)20)6-10(8)13(15,16)17/h1-6H,(H2,18,20). The molecule has 3 nitrogen and oxygen atoms in total. The summed E-state index contributed by atoms with van der Waals surface area (Å²) in [6.45, 7) is 0. The quantitative estimate of drug-likeness (QED) is 0.863. The normalized spacial score (nSPS) is 11.4. The van der Waals surface area contributed by atoms with Crippen molar-refractivity contribution >= 4 is 17.5 Å². The number of carbonyl (C=O) groups excluding carboxylic acids is 1. The molecule has 2 rings (SSSR count). The summed E-state index contributed by atoms with van der Waals surface area (Å²) < 4.78 is 39.3. The third kappa shape index (κ3) is 2.75. The van der Waals surface area contributed by atoms with Crippen molar-refractivity contribution in [2.45, 2.75) is 6.18 Å². The molecule has 1 aromatic carbocycles. The number of hydrogen-bond acceptors (Lipinski definition) is 2. The monoisotopic (exact) mass is 300 g/mol. The van der Waals surface area contributed by atoms with Gasteiger partial charge in [-0.3, -0.25) is 4.79 Å². The van der Waals surface area contributed by atoms with Gasteiger partial charge < -0.3 is 5.73 Å². The zero-order valence-electron chi connectivity index (χ0n) is 9.91. The molecule has 0 atom stereocenters. The third-order valence-corrected chi connectivity index (χ3v) is 2.96. The van der Waals surface area contributed by atoms with E-state index in [-0.39, 0.29) is 21.8 Å². The number of carbonyl (C=O) groups is 1. The van der Waals surface area contributed by atoms with Crippen LogP contribution in [0.1, 0.15) is 15.9 Å². The number of hydrogen-bond donors (Lipinski definition) is 1. The first-order valence-electron chi connectivity index (χ1n) is 5.42. The Labute approximate surface area is 117 Å². The summed E-state index contributed by atoms with van der Waals surface area (Å²) in [7, 11) is 0. The van der Waals surface area contributed by atoms with Gasteiger partial charge in [-0.25, -0.2) is 4.98 Å².